The Morgan fingerprint density at radius 2 is 1.65 bits per heavy atom. The summed E-state index contributed by atoms with van der Waals surface area (Å²) in [7, 11) is 0. The molecule has 0 amide bonds. The lowest BCUT2D eigenvalue weighted by molar-refractivity contribution is 0.183. The van der Waals surface area contributed by atoms with Crippen LogP contribution in [0.3, 0.4) is 0 Å². The van der Waals surface area contributed by atoms with Crippen molar-refractivity contribution < 1.29 is 0 Å². The molecule has 3 nitrogen and oxygen atoms in total. The minimum absolute atomic E-state index is 0.585. The maximum atomic E-state index is 3.61. The van der Waals surface area contributed by atoms with Crippen molar-refractivity contribution in [1.82, 2.24) is 10.2 Å². The minimum Gasteiger partial charge on any atom is -0.312 e. The Kier molecular flexibility index (Phi) is 7.00. The lowest BCUT2D eigenvalue weighted by Gasteiger charge is -2.36. The van der Waals surface area contributed by atoms with E-state index in [-0.39, 0.29) is 0 Å². The van der Waals surface area contributed by atoms with Gasteiger partial charge in [-0.15, -0.1) is 0 Å². The van der Waals surface area contributed by atoms with E-state index < -0.39 is 0 Å². The Morgan fingerprint density at radius 1 is 1.00 bits per heavy atom. The van der Waals surface area contributed by atoms with Crippen LogP contribution < -0.4 is 9.62 Å². The summed E-state index contributed by atoms with van der Waals surface area (Å²) in [5.74, 6) is 1.11. The molecule has 1 N–H and O–H groups in total. The lowest BCUT2D eigenvalue weighted by atomic mass is 10.1. The van der Waals surface area contributed by atoms with Crippen LogP contribution >= 0.6 is 11.9 Å². The predicted molar refractivity (Wildman–Crippen MR) is 115 cm³/mol. The molecule has 0 aliphatic carbocycles. The first-order valence-electron chi connectivity index (χ1n) is 9.59. The second-order valence-electron chi connectivity index (χ2n) is 7.42. The van der Waals surface area contributed by atoms with Gasteiger partial charge in [-0.25, -0.2) is 0 Å². The lowest BCUT2D eigenvalue weighted by Crippen LogP contribution is -2.54. The highest BCUT2D eigenvalue weighted by atomic mass is 32.2. The maximum absolute atomic E-state index is 3.61. The molecule has 4 heteroatoms. The zero-order valence-corrected chi connectivity index (χ0v) is 17.0. The van der Waals surface area contributed by atoms with Crippen LogP contribution in [0.4, 0.5) is 5.69 Å². The van der Waals surface area contributed by atoms with Gasteiger partial charge >= 0.3 is 0 Å². The number of hydrogen-bond acceptors (Lipinski definition) is 4. The Balaban J connectivity index is 1.59. The number of nitrogens with one attached hydrogen (secondary N) is 1. The first kappa shape index (κ1) is 19.3. The molecule has 0 spiro atoms. The van der Waals surface area contributed by atoms with Gasteiger partial charge < -0.3 is 9.62 Å². The van der Waals surface area contributed by atoms with Gasteiger partial charge in [0.2, 0.25) is 0 Å². The fourth-order valence-corrected chi connectivity index (χ4v) is 4.64. The summed E-state index contributed by atoms with van der Waals surface area (Å²) in [6.45, 7) is 11.1. The summed E-state index contributed by atoms with van der Waals surface area (Å²) in [5, 5.41) is 3.61. The second kappa shape index (κ2) is 9.45. The second-order valence-corrected chi connectivity index (χ2v) is 8.53. The Bertz CT molecular complexity index is 649. The van der Waals surface area contributed by atoms with Crippen molar-refractivity contribution in [3.05, 3.63) is 65.7 Å². The molecular formula is C22H31N3S. The summed E-state index contributed by atoms with van der Waals surface area (Å²) in [6, 6.07) is 20.8. The van der Waals surface area contributed by atoms with Gasteiger partial charge in [0.1, 0.15) is 0 Å². The molecule has 1 aliphatic heterocycles. The third-order valence-electron chi connectivity index (χ3n) is 4.78. The molecule has 0 saturated carbocycles. The van der Waals surface area contributed by atoms with E-state index in [1.54, 1.807) is 0 Å². The monoisotopic (exact) mass is 369 g/mol. The van der Waals surface area contributed by atoms with Crippen molar-refractivity contribution in [3.8, 4) is 0 Å². The molecule has 140 valence electrons. The summed E-state index contributed by atoms with van der Waals surface area (Å²) in [5.41, 5.74) is 3.95. The molecule has 1 heterocycles. The molecule has 0 radical (unpaired) electrons. The van der Waals surface area contributed by atoms with Crippen LogP contribution in [-0.2, 0) is 6.54 Å². The first-order valence-corrected chi connectivity index (χ1v) is 10.5. The molecule has 1 fully saturated rings. The Hall–Kier alpha value is -1.49. The molecule has 3 rings (SSSR count). The Morgan fingerprint density at radius 3 is 2.31 bits per heavy atom. The highest BCUT2D eigenvalue weighted by molar-refractivity contribution is 8.00. The van der Waals surface area contributed by atoms with E-state index in [2.05, 4.69) is 89.9 Å². The molecule has 0 bridgehead atoms. The smallest absolute Gasteiger partial charge is 0.0546 e. The first-order chi connectivity index (χ1) is 12.6. The highest BCUT2D eigenvalue weighted by Gasteiger charge is 2.20. The van der Waals surface area contributed by atoms with E-state index >= 15 is 0 Å². The number of aryl methyl sites for hydroxylation is 1. The van der Waals surface area contributed by atoms with Crippen LogP contribution in [0.25, 0.3) is 0 Å². The van der Waals surface area contributed by atoms with Crippen molar-refractivity contribution in [2.24, 2.45) is 0 Å². The average Bonchev–Trinajstić information content (AvgIpc) is 2.62. The van der Waals surface area contributed by atoms with Gasteiger partial charge in [-0.3, -0.25) is 4.90 Å². The summed E-state index contributed by atoms with van der Waals surface area (Å²) >= 11 is 1.94. The molecule has 2 aromatic rings. The molecule has 2 atom stereocenters. The third-order valence-corrected chi connectivity index (χ3v) is 5.80. The molecule has 2 aromatic carbocycles. The SMILES string of the molecule is Cc1ccc(CN(SCCN2CC(C)NC(C)C2)c2ccccc2)cc1. The maximum Gasteiger partial charge on any atom is 0.0546 e. The van der Waals surface area contributed by atoms with E-state index in [1.165, 1.54) is 16.8 Å². The van der Waals surface area contributed by atoms with Crippen LogP contribution in [0.5, 0.6) is 0 Å². The molecule has 1 aliphatic rings. The number of para-hydroxylation sites is 1. The number of anilines is 1. The topological polar surface area (TPSA) is 18.5 Å². The van der Waals surface area contributed by atoms with E-state index in [4.69, 9.17) is 0 Å². The van der Waals surface area contributed by atoms with E-state index in [0.717, 1.165) is 31.9 Å². The Labute approximate surface area is 162 Å². The number of nitrogens with zero attached hydrogens (tertiary/aromatic N) is 2. The largest absolute Gasteiger partial charge is 0.312 e. The van der Waals surface area contributed by atoms with Gasteiger partial charge in [-0.1, -0.05) is 48.0 Å². The normalized spacial score (nSPS) is 20.9. The molecule has 2 unspecified atom stereocenters. The van der Waals surface area contributed by atoms with E-state index in [0.29, 0.717) is 12.1 Å². The predicted octanol–water partition coefficient (Wildman–Crippen LogP) is 4.33. The van der Waals surface area contributed by atoms with Gasteiger partial charge in [0, 0.05) is 43.2 Å². The standard InChI is InChI=1S/C22H31N3S/c1-18-9-11-21(12-10-18)17-25(22-7-5-4-6-8-22)26-14-13-24-15-19(2)23-20(3)16-24/h4-12,19-20,23H,13-17H2,1-3H3. The molecular weight excluding hydrogens is 338 g/mol. The number of hydrogen-bond donors (Lipinski definition) is 1. The molecule has 0 aromatic heterocycles. The van der Waals surface area contributed by atoms with E-state index in [9.17, 15) is 0 Å². The van der Waals surface area contributed by atoms with Crippen molar-refractivity contribution >= 4 is 17.6 Å². The van der Waals surface area contributed by atoms with Crippen molar-refractivity contribution in [1.29, 1.82) is 0 Å². The molecule has 1 saturated heterocycles. The molecule has 26 heavy (non-hydrogen) atoms. The number of rotatable bonds is 7. The number of piperazine rings is 1. The average molecular weight is 370 g/mol. The third kappa shape index (κ3) is 5.76. The van der Waals surface area contributed by atoms with Crippen LogP contribution in [0, 0.1) is 6.92 Å². The van der Waals surface area contributed by atoms with E-state index in [1.807, 2.05) is 11.9 Å². The van der Waals surface area contributed by atoms with Crippen molar-refractivity contribution in [2.45, 2.75) is 39.4 Å². The van der Waals surface area contributed by atoms with Crippen LogP contribution in [0.1, 0.15) is 25.0 Å². The zero-order chi connectivity index (χ0) is 18.4. The van der Waals surface area contributed by atoms with Gasteiger partial charge in [0.05, 0.1) is 6.54 Å². The van der Waals surface area contributed by atoms with Gasteiger partial charge in [0.15, 0.2) is 0 Å². The van der Waals surface area contributed by atoms with Gasteiger partial charge in [-0.2, -0.15) is 0 Å². The van der Waals surface area contributed by atoms with Crippen LogP contribution in [-0.4, -0.2) is 42.4 Å². The quantitative estimate of drug-likeness (QED) is 0.732. The zero-order valence-electron chi connectivity index (χ0n) is 16.2. The fourth-order valence-electron chi connectivity index (χ4n) is 3.57. The highest BCUT2D eigenvalue weighted by Crippen LogP contribution is 2.25. The van der Waals surface area contributed by atoms with Gasteiger partial charge in [-0.05, 0) is 50.4 Å². The minimum atomic E-state index is 0.585. The van der Waals surface area contributed by atoms with Crippen molar-refractivity contribution in [2.75, 3.05) is 29.7 Å². The van der Waals surface area contributed by atoms with Crippen LogP contribution in [0.15, 0.2) is 54.6 Å². The fraction of sp³-hybridized carbons (Fsp3) is 0.455. The summed E-state index contributed by atoms with van der Waals surface area (Å²) < 4.78 is 2.43. The summed E-state index contributed by atoms with van der Waals surface area (Å²) in [6.07, 6.45) is 0. The summed E-state index contributed by atoms with van der Waals surface area (Å²) in [4.78, 5) is 2.59. The van der Waals surface area contributed by atoms with Crippen molar-refractivity contribution in [3.63, 3.8) is 0 Å². The number of benzene rings is 2. The van der Waals surface area contributed by atoms with Gasteiger partial charge in [0.25, 0.3) is 0 Å². The van der Waals surface area contributed by atoms with Crippen LogP contribution in [0.2, 0.25) is 0 Å².